The predicted molar refractivity (Wildman–Crippen MR) is 89.9 cm³/mol. The van der Waals surface area contributed by atoms with E-state index in [1.807, 2.05) is 18.2 Å². The van der Waals surface area contributed by atoms with Crippen LogP contribution < -0.4 is 5.32 Å². The van der Waals surface area contributed by atoms with Crippen molar-refractivity contribution in [1.82, 2.24) is 4.98 Å². The van der Waals surface area contributed by atoms with Crippen LogP contribution in [0.25, 0.3) is 10.9 Å². The summed E-state index contributed by atoms with van der Waals surface area (Å²) < 4.78 is 0. The molecule has 0 spiro atoms. The molecule has 2 aromatic carbocycles. The van der Waals surface area contributed by atoms with Gasteiger partial charge in [0.2, 0.25) is 0 Å². The molecule has 0 saturated carbocycles. The highest BCUT2D eigenvalue weighted by Gasteiger charge is 2.04. The number of rotatable bonds is 4. The van der Waals surface area contributed by atoms with E-state index >= 15 is 0 Å². The van der Waals surface area contributed by atoms with Gasteiger partial charge in [0, 0.05) is 23.2 Å². The number of para-hydroxylation sites is 1. The molecule has 0 radical (unpaired) electrons. The second-order valence-corrected chi connectivity index (χ2v) is 5.39. The Morgan fingerprint density at radius 2 is 1.81 bits per heavy atom. The molecule has 0 aliphatic heterocycles. The third kappa shape index (κ3) is 3.17. The molecule has 0 fully saturated rings. The molecule has 0 aliphatic rings. The van der Waals surface area contributed by atoms with Crippen molar-refractivity contribution in [3.8, 4) is 0 Å². The first-order valence-electron chi connectivity index (χ1n) is 7.13. The number of hydrogen-bond donors (Lipinski definition) is 1. The van der Waals surface area contributed by atoms with Crippen molar-refractivity contribution < 1.29 is 0 Å². The lowest BCUT2D eigenvalue weighted by Crippen LogP contribution is -2.01. The molecular weight excluding hydrogens is 280 g/mol. The Balaban J connectivity index is 1.79. The molecule has 3 rings (SSSR count). The monoisotopic (exact) mass is 296 g/mol. The quantitative estimate of drug-likeness (QED) is 0.680. The van der Waals surface area contributed by atoms with Crippen LogP contribution in [0.1, 0.15) is 18.1 Å². The summed E-state index contributed by atoms with van der Waals surface area (Å²) in [4.78, 5) is 4.44. The molecule has 1 aromatic heterocycles. The lowest BCUT2D eigenvalue weighted by molar-refractivity contribution is 1.11. The van der Waals surface area contributed by atoms with E-state index in [0.29, 0.717) is 11.7 Å². The fourth-order valence-corrected chi connectivity index (χ4v) is 2.53. The van der Waals surface area contributed by atoms with Gasteiger partial charge in [-0.25, -0.2) is 4.98 Å². The van der Waals surface area contributed by atoms with Crippen LogP contribution in [0.15, 0.2) is 54.6 Å². The van der Waals surface area contributed by atoms with E-state index in [1.165, 1.54) is 5.56 Å². The Morgan fingerprint density at radius 3 is 2.57 bits per heavy atom. The summed E-state index contributed by atoms with van der Waals surface area (Å²) in [6.07, 6.45) is 1.06. The SMILES string of the molecule is CCc1ccc(NCc2cc3ccccc3nc2Cl)cc1. The second kappa shape index (κ2) is 6.15. The van der Waals surface area contributed by atoms with Crippen LogP contribution in [0.3, 0.4) is 0 Å². The number of nitrogens with one attached hydrogen (secondary N) is 1. The normalized spacial score (nSPS) is 10.8. The zero-order valence-electron chi connectivity index (χ0n) is 11.9. The number of aryl methyl sites for hydroxylation is 1. The summed E-state index contributed by atoms with van der Waals surface area (Å²) in [7, 11) is 0. The van der Waals surface area contributed by atoms with Gasteiger partial charge in [-0.15, -0.1) is 0 Å². The smallest absolute Gasteiger partial charge is 0.134 e. The lowest BCUT2D eigenvalue weighted by atomic mass is 10.1. The van der Waals surface area contributed by atoms with Crippen molar-refractivity contribution in [3.63, 3.8) is 0 Å². The predicted octanol–water partition coefficient (Wildman–Crippen LogP) is 5.06. The van der Waals surface area contributed by atoms with Crippen LogP contribution in [0, 0.1) is 0 Å². The van der Waals surface area contributed by atoms with Gasteiger partial charge in [-0.1, -0.05) is 48.9 Å². The summed E-state index contributed by atoms with van der Waals surface area (Å²) in [5.74, 6) is 0. The van der Waals surface area contributed by atoms with Gasteiger partial charge in [0.25, 0.3) is 0 Å². The van der Waals surface area contributed by atoms with Crippen molar-refractivity contribution >= 4 is 28.2 Å². The molecule has 0 saturated heterocycles. The van der Waals surface area contributed by atoms with E-state index in [4.69, 9.17) is 11.6 Å². The number of hydrogen-bond acceptors (Lipinski definition) is 2. The van der Waals surface area contributed by atoms with Crippen LogP contribution in [0.4, 0.5) is 5.69 Å². The van der Waals surface area contributed by atoms with Crippen molar-refractivity contribution in [2.45, 2.75) is 19.9 Å². The molecule has 1 heterocycles. The van der Waals surface area contributed by atoms with Gasteiger partial charge in [-0.2, -0.15) is 0 Å². The van der Waals surface area contributed by atoms with Gasteiger partial charge in [0.05, 0.1) is 5.52 Å². The highest BCUT2D eigenvalue weighted by atomic mass is 35.5. The molecule has 3 aromatic rings. The number of fused-ring (bicyclic) bond motifs is 1. The molecule has 106 valence electrons. The number of aromatic nitrogens is 1. The topological polar surface area (TPSA) is 24.9 Å². The molecule has 2 nitrogen and oxygen atoms in total. The highest BCUT2D eigenvalue weighted by Crippen LogP contribution is 2.21. The Kier molecular flexibility index (Phi) is 4.07. The number of anilines is 1. The molecule has 0 aliphatic carbocycles. The van der Waals surface area contributed by atoms with Crippen LogP contribution >= 0.6 is 11.6 Å². The summed E-state index contributed by atoms with van der Waals surface area (Å²) >= 11 is 6.27. The summed E-state index contributed by atoms with van der Waals surface area (Å²) in [6, 6.07) is 18.6. The van der Waals surface area contributed by atoms with Gasteiger partial charge < -0.3 is 5.32 Å². The highest BCUT2D eigenvalue weighted by molar-refractivity contribution is 6.30. The van der Waals surface area contributed by atoms with Crippen LogP contribution in [-0.2, 0) is 13.0 Å². The van der Waals surface area contributed by atoms with Crippen molar-refractivity contribution in [1.29, 1.82) is 0 Å². The molecule has 21 heavy (non-hydrogen) atoms. The standard InChI is InChI=1S/C18H17ClN2/c1-2-13-7-9-16(10-8-13)20-12-15-11-14-5-3-4-6-17(14)21-18(15)19/h3-11,20H,2,12H2,1H3. The maximum Gasteiger partial charge on any atom is 0.134 e. The van der Waals surface area contributed by atoms with Gasteiger partial charge in [0.15, 0.2) is 0 Å². The zero-order chi connectivity index (χ0) is 14.7. The molecule has 0 bridgehead atoms. The Bertz CT molecular complexity index is 751. The zero-order valence-corrected chi connectivity index (χ0v) is 12.7. The number of nitrogens with zero attached hydrogens (tertiary/aromatic N) is 1. The van der Waals surface area contributed by atoms with Crippen molar-refractivity contribution in [2.24, 2.45) is 0 Å². The third-order valence-electron chi connectivity index (χ3n) is 3.60. The first-order chi connectivity index (χ1) is 10.3. The fourth-order valence-electron chi connectivity index (χ4n) is 2.32. The number of halogens is 1. The van der Waals surface area contributed by atoms with E-state index in [1.54, 1.807) is 0 Å². The van der Waals surface area contributed by atoms with E-state index in [-0.39, 0.29) is 0 Å². The fraction of sp³-hybridized carbons (Fsp3) is 0.167. The van der Waals surface area contributed by atoms with Gasteiger partial charge in [0.1, 0.15) is 5.15 Å². The van der Waals surface area contributed by atoms with E-state index < -0.39 is 0 Å². The third-order valence-corrected chi connectivity index (χ3v) is 3.92. The van der Waals surface area contributed by atoms with E-state index in [0.717, 1.165) is 28.6 Å². The summed E-state index contributed by atoms with van der Waals surface area (Å²) in [5.41, 5.74) is 4.37. The number of pyridine rings is 1. The largest absolute Gasteiger partial charge is 0.381 e. The second-order valence-electron chi connectivity index (χ2n) is 5.04. The molecule has 3 heteroatoms. The summed E-state index contributed by atoms with van der Waals surface area (Å²) in [5, 5.41) is 5.07. The maximum atomic E-state index is 6.27. The van der Waals surface area contributed by atoms with E-state index in [2.05, 4.69) is 53.6 Å². The summed E-state index contributed by atoms with van der Waals surface area (Å²) in [6.45, 7) is 2.82. The lowest BCUT2D eigenvalue weighted by Gasteiger charge is -2.09. The Labute approximate surface area is 129 Å². The first kappa shape index (κ1) is 13.9. The van der Waals surface area contributed by atoms with Crippen LogP contribution in [0.5, 0.6) is 0 Å². The minimum Gasteiger partial charge on any atom is -0.381 e. The van der Waals surface area contributed by atoms with Gasteiger partial charge in [-0.05, 0) is 36.2 Å². The Hall–Kier alpha value is -2.06. The molecule has 0 amide bonds. The minimum atomic E-state index is 0.561. The molecule has 0 unspecified atom stereocenters. The molecular formula is C18H17ClN2. The van der Waals surface area contributed by atoms with Gasteiger partial charge >= 0.3 is 0 Å². The average Bonchev–Trinajstić information content (AvgIpc) is 2.53. The molecule has 0 atom stereocenters. The minimum absolute atomic E-state index is 0.561. The first-order valence-corrected chi connectivity index (χ1v) is 7.51. The molecule has 1 N–H and O–H groups in total. The maximum absolute atomic E-state index is 6.27. The number of benzene rings is 2. The average molecular weight is 297 g/mol. The van der Waals surface area contributed by atoms with E-state index in [9.17, 15) is 0 Å². The van der Waals surface area contributed by atoms with Crippen molar-refractivity contribution in [3.05, 3.63) is 70.9 Å². The van der Waals surface area contributed by atoms with Crippen molar-refractivity contribution in [2.75, 3.05) is 5.32 Å². The Morgan fingerprint density at radius 1 is 1.05 bits per heavy atom. The van der Waals surface area contributed by atoms with Crippen LogP contribution in [-0.4, -0.2) is 4.98 Å². The van der Waals surface area contributed by atoms with Gasteiger partial charge in [-0.3, -0.25) is 0 Å². The van der Waals surface area contributed by atoms with Crippen LogP contribution in [0.2, 0.25) is 5.15 Å².